The molecular formula is C22H23ClN2O2. The first-order valence-corrected chi connectivity index (χ1v) is 9.94. The molecule has 1 saturated carbocycles. The van der Waals surface area contributed by atoms with E-state index >= 15 is 0 Å². The van der Waals surface area contributed by atoms with Gasteiger partial charge in [0.1, 0.15) is 0 Å². The molecule has 1 fully saturated rings. The van der Waals surface area contributed by atoms with Gasteiger partial charge in [0, 0.05) is 29.6 Å². The summed E-state index contributed by atoms with van der Waals surface area (Å²) in [7, 11) is 0. The van der Waals surface area contributed by atoms with Gasteiger partial charge in [0.25, 0.3) is 5.91 Å². The summed E-state index contributed by atoms with van der Waals surface area (Å²) in [6.45, 7) is 0.345. The number of nitrogens with one attached hydrogen (secondary N) is 1. The number of nitrogens with zero attached hydrogens (tertiary/aromatic N) is 1. The quantitative estimate of drug-likeness (QED) is 0.816. The van der Waals surface area contributed by atoms with Gasteiger partial charge in [-0.2, -0.15) is 0 Å². The molecule has 0 saturated heterocycles. The molecule has 0 radical (unpaired) electrons. The fourth-order valence-electron chi connectivity index (χ4n) is 3.92. The third kappa shape index (κ3) is 4.01. The van der Waals surface area contributed by atoms with Gasteiger partial charge in [-0.3, -0.25) is 9.59 Å². The van der Waals surface area contributed by atoms with E-state index in [1.54, 1.807) is 24.3 Å². The molecule has 2 aromatic carbocycles. The Morgan fingerprint density at radius 2 is 1.78 bits per heavy atom. The highest BCUT2D eigenvalue weighted by Crippen LogP contribution is 2.42. The molecule has 4 nitrogen and oxygen atoms in total. The molecule has 140 valence electrons. The van der Waals surface area contributed by atoms with Crippen molar-refractivity contribution in [2.45, 2.75) is 44.2 Å². The van der Waals surface area contributed by atoms with Gasteiger partial charge in [0.15, 0.2) is 0 Å². The summed E-state index contributed by atoms with van der Waals surface area (Å²) in [4.78, 5) is 27.2. The van der Waals surface area contributed by atoms with Crippen molar-refractivity contribution in [1.82, 2.24) is 10.2 Å². The number of carbonyl (C=O) groups is 2. The third-order valence-electron chi connectivity index (χ3n) is 5.40. The second kappa shape index (κ2) is 7.73. The number of aryl methyl sites for hydroxylation is 1. The van der Waals surface area contributed by atoms with Crippen LogP contribution in [0.4, 0.5) is 0 Å². The van der Waals surface area contributed by atoms with Gasteiger partial charge in [-0.15, -0.1) is 0 Å². The van der Waals surface area contributed by atoms with Crippen LogP contribution in [0.2, 0.25) is 5.02 Å². The molecule has 2 aromatic rings. The molecular weight excluding hydrogens is 360 g/mol. The average molecular weight is 383 g/mol. The first kappa shape index (κ1) is 18.1. The van der Waals surface area contributed by atoms with Gasteiger partial charge in [-0.25, -0.2) is 0 Å². The van der Waals surface area contributed by atoms with Crippen LogP contribution in [0.5, 0.6) is 0 Å². The molecule has 2 aliphatic carbocycles. The monoisotopic (exact) mass is 382 g/mol. The highest BCUT2D eigenvalue weighted by atomic mass is 35.5. The number of hydrogen-bond acceptors (Lipinski definition) is 2. The number of fused-ring (bicyclic) bond motifs is 1. The molecule has 0 spiro atoms. The Hall–Kier alpha value is -2.33. The Morgan fingerprint density at radius 3 is 2.52 bits per heavy atom. The van der Waals surface area contributed by atoms with E-state index in [1.165, 1.54) is 11.1 Å². The number of carbonyl (C=O) groups excluding carboxylic acids is 2. The van der Waals surface area contributed by atoms with Gasteiger partial charge in [0.05, 0.1) is 6.04 Å². The van der Waals surface area contributed by atoms with Crippen LogP contribution >= 0.6 is 11.6 Å². The molecule has 1 atom stereocenters. The lowest BCUT2D eigenvalue weighted by Crippen LogP contribution is -2.38. The van der Waals surface area contributed by atoms with E-state index < -0.39 is 0 Å². The molecule has 1 N–H and O–H groups in total. The lowest BCUT2D eigenvalue weighted by molar-refractivity contribution is -0.134. The Bertz CT molecular complexity index is 846. The zero-order valence-corrected chi connectivity index (χ0v) is 15.9. The molecule has 4 rings (SSSR count). The van der Waals surface area contributed by atoms with Crippen molar-refractivity contribution in [1.29, 1.82) is 0 Å². The molecule has 5 heteroatoms. The average Bonchev–Trinajstić information content (AvgIpc) is 3.42. The van der Waals surface area contributed by atoms with Crippen molar-refractivity contribution >= 4 is 23.4 Å². The predicted octanol–water partition coefficient (Wildman–Crippen LogP) is 4.14. The van der Waals surface area contributed by atoms with E-state index in [0.29, 0.717) is 29.6 Å². The Balaban J connectivity index is 1.36. The van der Waals surface area contributed by atoms with Crippen LogP contribution in [0, 0.1) is 0 Å². The van der Waals surface area contributed by atoms with Gasteiger partial charge < -0.3 is 10.2 Å². The van der Waals surface area contributed by atoms with E-state index in [2.05, 4.69) is 34.5 Å². The van der Waals surface area contributed by atoms with Gasteiger partial charge in [-0.05, 0) is 61.1 Å². The van der Waals surface area contributed by atoms with E-state index in [4.69, 9.17) is 11.6 Å². The van der Waals surface area contributed by atoms with Crippen molar-refractivity contribution in [2.24, 2.45) is 0 Å². The summed E-state index contributed by atoms with van der Waals surface area (Å²) < 4.78 is 0. The van der Waals surface area contributed by atoms with Crippen molar-refractivity contribution in [2.75, 3.05) is 6.54 Å². The number of rotatable bonds is 6. The van der Waals surface area contributed by atoms with E-state index in [0.717, 1.165) is 25.7 Å². The summed E-state index contributed by atoms with van der Waals surface area (Å²) in [5.74, 6) is -0.0424. The Morgan fingerprint density at radius 1 is 1.04 bits per heavy atom. The molecule has 0 bridgehead atoms. The minimum absolute atomic E-state index is 0.135. The summed E-state index contributed by atoms with van der Waals surface area (Å²) in [6.07, 6.45) is 4.53. The molecule has 0 heterocycles. The minimum Gasteiger partial charge on any atom is -0.352 e. The van der Waals surface area contributed by atoms with Gasteiger partial charge >= 0.3 is 0 Å². The molecule has 0 aliphatic heterocycles. The maximum atomic E-state index is 12.9. The highest BCUT2D eigenvalue weighted by molar-refractivity contribution is 6.30. The summed E-state index contributed by atoms with van der Waals surface area (Å²) in [6, 6.07) is 15.7. The summed E-state index contributed by atoms with van der Waals surface area (Å²) >= 11 is 5.85. The molecule has 0 aromatic heterocycles. The lowest BCUT2D eigenvalue weighted by Gasteiger charge is -2.30. The second-order valence-electron chi connectivity index (χ2n) is 7.30. The number of amides is 2. The van der Waals surface area contributed by atoms with E-state index in [-0.39, 0.29) is 17.9 Å². The third-order valence-corrected chi connectivity index (χ3v) is 5.65. The van der Waals surface area contributed by atoms with Crippen LogP contribution in [0.1, 0.15) is 53.2 Å². The standard InChI is InChI=1S/C22H23ClN2O2/c23-17-8-5-16(6-9-17)22(27)24-14-13-21(26)25(18-10-11-18)20-12-7-15-3-1-2-4-19(15)20/h1-6,8-9,18,20H,7,10-14H2,(H,24,27). The van der Waals surface area contributed by atoms with Crippen LogP contribution in [-0.4, -0.2) is 29.3 Å². The van der Waals surface area contributed by atoms with Crippen LogP contribution < -0.4 is 5.32 Å². The topological polar surface area (TPSA) is 49.4 Å². The Labute approximate surface area is 164 Å². The number of halogens is 1. The van der Waals surface area contributed by atoms with E-state index in [1.807, 2.05) is 0 Å². The second-order valence-corrected chi connectivity index (χ2v) is 7.73. The molecule has 1 unspecified atom stereocenters. The smallest absolute Gasteiger partial charge is 0.251 e. The first-order valence-electron chi connectivity index (χ1n) is 9.56. The van der Waals surface area contributed by atoms with Crippen LogP contribution in [0.3, 0.4) is 0 Å². The van der Waals surface area contributed by atoms with Gasteiger partial charge in [-0.1, -0.05) is 35.9 Å². The van der Waals surface area contributed by atoms with Crippen LogP contribution in [-0.2, 0) is 11.2 Å². The molecule has 2 aliphatic rings. The fraction of sp³-hybridized carbons (Fsp3) is 0.364. The Kier molecular flexibility index (Phi) is 5.17. The van der Waals surface area contributed by atoms with Crippen molar-refractivity contribution in [3.05, 3.63) is 70.2 Å². The highest BCUT2D eigenvalue weighted by Gasteiger charge is 2.39. The fourth-order valence-corrected chi connectivity index (χ4v) is 4.05. The zero-order valence-electron chi connectivity index (χ0n) is 15.2. The first-order chi connectivity index (χ1) is 13.1. The number of benzene rings is 2. The molecule has 27 heavy (non-hydrogen) atoms. The maximum Gasteiger partial charge on any atom is 0.251 e. The van der Waals surface area contributed by atoms with Gasteiger partial charge in [0.2, 0.25) is 5.91 Å². The summed E-state index contributed by atoms with van der Waals surface area (Å²) in [5, 5.41) is 3.44. The predicted molar refractivity (Wildman–Crippen MR) is 106 cm³/mol. The number of hydrogen-bond donors (Lipinski definition) is 1. The van der Waals surface area contributed by atoms with Crippen molar-refractivity contribution in [3.8, 4) is 0 Å². The van der Waals surface area contributed by atoms with Crippen molar-refractivity contribution in [3.63, 3.8) is 0 Å². The van der Waals surface area contributed by atoms with Crippen LogP contribution in [0.25, 0.3) is 0 Å². The maximum absolute atomic E-state index is 12.9. The van der Waals surface area contributed by atoms with Crippen molar-refractivity contribution < 1.29 is 9.59 Å². The normalized spacial score (nSPS) is 18.0. The van der Waals surface area contributed by atoms with E-state index in [9.17, 15) is 9.59 Å². The van der Waals surface area contributed by atoms with Crippen LogP contribution in [0.15, 0.2) is 48.5 Å². The minimum atomic E-state index is -0.177. The molecule has 2 amide bonds. The largest absolute Gasteiger partial charge is 0.352 e. The zero-order chi connectivity index (χ0) is 18.8. The lowest BCUT2D eigenvalue weighted by atomic mass is 10.1. The summed E-state index contributed by atoms with van der Waals surface area (Å²) in [5.41, 5.74) is 3.20. The SMILES string of the molecule is O=C(NCCC(=O)N(C1CC1)C1CCc2ccccc21)c1ccc(Cl)cc1.